The lowest BCUT2D eigenvalue weighted by atomic mass is 9.81. The summed E-state index contributed by atoms with van der Waals surface area (Å²) in [6, 6.07) is 62.4. The van der Waals surface area contributed by atoms with Crippen molar-refractivity contribution in [1.29, 1.82) is 0 Å². The molecule has 10 aromatic rings. The molecule has 0 aliphatic heterocycles. The first-order valence-electron chi connectivity index (χ1n) is 18.2. The Hall–Kier alpha value is -6.44. The van der Waals surface area contributed by atoms with Crippen LogP contribution in [0, 0.1) is 0 Å². The summed E-state index contributed by atoms with van der Waals surface area (Å²) in [6.45, 7) is 4.71. The quantitative estimate of drug-likeness (QED) is 0.172. The molecule has 1 heteroatoms. The fourth-order valence-electron chi connectivity index (χ4n) is 9.15. The average molecular weight is 663 g/mol. The van der Waals surface area contributed by atoms with Crippen LogP contribution in [0.2, 0.25) is 0 Å². The van der Waals surface area contributed by atoms with E-state index in [2.05, 4.69) is 184 Å². The van der Waals surface area contributed by atoms with Gasteiger partial charge in [0.15, 0.2) is 0 Å². The van der Waals surface area contributed by atoms with Crippen LogP contribution in [0.4, 0.5) is 0 Å². The molecule has 0 spiro atoms. The maximum atomic E-state index is 6.66. The van der Waals surface area contributed by atoms with Gasteiger partial charge in [0.25, 0.3) is 0 Å². The number of benzene rings is 9. The molecule has 11 rings (SSSR count). The summed E-state index contributed by atoms with van der Waals surface area (Å²) in [5.41, 5.74) is 14.7. The lowest BCUT2D eigenvalue weighted by Crippen LogP contribution is -2.14. The number of furan rings is 1. The fourth-order valence-corrected chi connectivity index (χ4v) is 9.15. The van der Waals surface area contributed by atoms with Crippen LogP contribution in [-0.2, 0) is 5.41 Å². The van der Waals surface area contributed by atoms with Crippen LogP contribution in [0.5, 0.6) is 0 Å². The highest BCUT2D eigenvalue weighted by Gasteiger charge is 2.35. The third-order valence-corrected chi connectivity index (χ3v) is 11.7. The van der Waals surface area contributed by atoms with Gasteiger partial charge >= 0.3 is 0 Å². The van der Waals surface area contributed by atoms with Crippen molar-refractivity contribution in [1.82, 2.24) is 0 Å². The third kappa shape index (κ3) is 4.11. The van der Waals surface area contributed by atoms with Crippen LogP contribution < -0.4 is 0 Å². The molecule has 1 nitrogen and oxygen atoms in total. The molecule has 0 fully saturated rings. The second kappa shape index (κ2) is 10.8. The van der Waals surface area contributed by atoms with Gasteiger partial charge in [0.05, 0.1) is 0 Å². The monoisotopic (exact) mass is 662 g/mol. The molecule has 1 aromatic heterocycles. The van der Waals surface area contributed by atoms with E-state index < -0.39 is 0 Å². The molecule has 1 aliphatic carbocycles. The molecule has 0 N–H and O–H groups in total. The Labute approximate surface area is 302 Å². The average Bonchev–Trinajstić information content (AvgIpc) is 3.68. The highest BCUT2D eigenvalue weighted by atomic mass is 16.3. The summed E-state index contributed by atoms with van der Waals surface area (Å²) in [4.78, 5) is 0. The maximum Gasteiger partial charge on any atom is 0.143 e. The molecule has 1 heterocycles. The predicted octanol–water partition coefficient (Wildman–Crippen LogP) is 14.4. The zero-order valence-corrected chi connectivity index (χ0v) is 29.1. The minimum atomic E-state index is -0.0407. The first-order chi connectivity index (χ1) is 25.5. The van der Waals surface area contributed by atoms with Gasteiger partial charge in [-0.25, -0.2) is 0 Å². The van der Waals surface area contributed by atoms with Crippen LogP contribution in [-0.4, -0.2) is 0 Å². The minimum Gasteiger partial charge on any atom is -0.455 e. The largest absolute Gasteiger partial charge is 0.455 e. The molecule has 1 aliphatic rings. The predicted molar refractivity (Wildman–Crippen MR) is 220 cm³/mol. The number of hydrogen-bond donors (Lipinski definition) is 0. The highest BCUT2D eigenvalue weighted by molar-refractivity contribution is 6.22. The second-order valence-electron chi connectivity index (χ2n) is 14.8. The Kier molecular flexibility index (Phi) is 6.08. The van der Waals surface area contributed by atoms with Gasteiger partial charge in [-0.3, -0.25) is 0 Å². The molecule has 0 saturated heterocycles. The number of hydrogen-bond acceptors (Lipinski definition) is 1. The summed E-state index contributed by atoms with van der Waals surface area (Å²) in [5.74, 6) is 0. The minimum absolute atomic E-state index is 0.0407. The van der Waals surface area contributed by atoms with Crippen molar-refractivity contribution in [2.45, 2.75) is 19.3 Å². The second-order valence-corrected chi connectivity index (χ2v) is 14.8. The van der Waals surface area contributed by atoms with E-state index in [0.717, 1.165) is 32.9 Å². The van der Waals surface area contributed by atoms with Gasteiger partial charge in [-0.05, 0) is 113 Å². The molecule has 9 aromatic carbocycles. The topological polar surface area (TPSA) is 13.1 Å². The zero-order chi connectivity index (χ0) is 34.6. The molecule has 244 valence electrons. The van der Waals surface area contributed by atoms with E-state index in [4.69, 9.17) is 4.42 Å². The molecule has 0 saturated carbocycles. The van der Waals surface area contributed by atoms with Gasteiger partial charge in [0.2, 0.25) is 0 Å². The van der Waals surface area contributed by atoms with Gasteiger partial charge < -0.3 is 4.42 Å². The molecular weight excluding hydrogens is 629 g/mol. The van der Waals surface area contributed by atoms with E-state index in [9.17, 15) is 0 Å². The SMILES string of the molecule is CC1(C)c2ccccc2-c2ccc(-c3cccc(-c4c5ccccc5c(-c5ccc6c(c5)oc5c7ccccc7ccc65)c5ccccc45)c3)cc21. The van der Waals surface area contributed by atoms with Crippen LogP contribution in [0.15, 0.2) is 174 Å². The van der Waals surface area contributed by atoms with Crippen LogP contribution in [0.1, 0.15) is 25.0 Å². The molecule has 0 unspecified atom stereocenters. The Balaban J connectivity index is 1.10. The number of rotatable bonds is 3. The van der Waals surface area contributed by atoms with E-state index in [1.54, 1.807) is 0 Å². The van der Waals surface area contributed by atoms with Crippen LogP contribution in [0.3, 0.4) is 0 Å². The first kappa shape index (κ1) is 29.3. The third-order valence-electron chi connectivity index (χ3n) is 11.7. The van der Waals surface area contributed by atoms with Crippen molar-refractivity contribution in [2.75, 3.05) is 0 Å². The lowest BCUT2D eigenvalue weighted by Gasteiger charge is -2.22. The van der Waals surface area contributed by atoms with E-state index in [1.165, 1.54) is 77.0 Å². The molecular formula is C51H34O. The molecule has 0 atom stereocenters. The van der Waals surface area contributed by atoms with E-state index >= 15 is 0 Å². The molecule has 52 heavy (non-hydrogen) atoms. The summed E-state index contributed by atoms with van der Waals surface area (Å²) in [7, 11) is 0. The van der Waals surface area contributed by atoms with E-state index in [1.807, 2.05) is 0 Å². The van der Waals surface area contributed by atoms with Gasteiger partial charge in [-0.2, -0.15) is 0 Å². The van der Waals surface area contributed by atoms with Crippen molar-refractivity contribution in [2.24, 2.45) is 0 Å². The van der Waals surface area contributed by atoms with Gasteiger partial charge in [-0.1, -0.05) is 153 Å². The van der Waals surface area contributed by atoms with Crippen molar-refractivity contribution >= 4 is 54.3 Å². The van der Waals surface area contributed by atoms with E-state index in [-0.39, 0.29) is 5.41 Å². The summed E-state index contributed by atoms with van der Waals surface area (Å²) in [6.07, 6.45) is 0. The smallest absolute Gasteiger partial charge is 0.143 e. The van der Waals surface area contributed by atoms with Crippen molar-refractivity contribution < 1.29 is 4.42 Å². The fraction of sp³-hybridized carbons (Fsp3) is 0.0588. The van der Waals surface area contributed by atoms with Crippen LogP contribution >= 0.6 is 0 Å². The van der Waals surface area contributed by atoms with Gasteiger partial charge in [0, 0.05) is 21.6 Å². The van der Waals surface area contributed by atoms with Crippen LogP contribution in [0.25, 0.3) is 98.8 Å². The summed E-state index contributed by atoms with van der Waals surface area (Å²) < 4.78 is 6.66. The summed E-state index contributed by atoms with van der Waals surface area (Å²) in [5, 5.41) is 9.60. The van der Waals surface area contributed by atoms with Gasteiger partial charge in [0.1, 0.15) is 11.2 Å². The first-order valence-corrected chi connectivity index (χ1v) is 18.2. The number of fused-ring (bicyclic) bond motifs is 10. The Morgan fingerprint density at radius 3 is 1.67 bits per heavy atom. The molecule has 0 amide bonds. The molecule has 0 radical (unpaired) electrons. The normalized spacial score (nSPS) is 13.3. The Morgan fingerprint density at radius 1 is 0.365 bits per heavy atom. The van der Waals surface area contributed by atoms with E-state index in [0.29, 0.717) is 0 Å². The van der Waals surface area contributed by atoms with Crippen molar-refractivity contribution in [3.63, 3.8) is 0 Å². The Bertz CT molecular complexity index is 3040. The lowest BCUT2D eigenvalue weighted by molar-refractivity contribution is 0.660. The highest BCUT2D eigenvalue weighted by Crippen LogP contribution is 2.50. The van der Waals surface area contributed by atoms with Crippen molar-refractivity contribution in [3.05, 3.63) is 181 Å². The molecule has 0 bridgehead atoms. The summed E-state index contributed by atoms with van der Waals surface area (Å²) >= 11 is 0. The van der Waals surface area contributed by atoms with Crippen molar-refractivity contribution in [3.8, 4) is 44.5 Å². The Morgan fingerprint density at radius 2 is 0.923 bits per heavy atom. The zero-order valence-electron chi connectivity index (χ0n) is 29.1. The van der Waals surface area contributed by atoms with Gasteiger partial charge in [-0.15, -0.1) is 0 Å². The standard InChI is InChI=1S/C51H34O/c1-51(2)45-21-10-9-16-37(45)38-25-23-33(29-46(38)51)32-13-11-14-34(28-32)48-40-17-5-7-19-42(40)49(43-20-8-6-18-41(43)48)35-24-26-39-44-27-22-31-12-3-4-15-36(31)50(44)52-47(39)30-35/h3-30H,1-2H3. The maximum absolute atomic E-state index is 6.66.